The molecule has 1 aliphatic rings. The number of imide groups is 1. The lowest BCUT2D eigenvalue weighted by Gasteiger charge is -2.06. The van der Waals surface area contributed by atoms with Gasteiger partial charge < -0.3 is 4.74 Å². The smallest absolute Gasteiger partial charge is 0.293 e. The second-order valence-electron chi connectivity index (χ2n) is 7.11. The normalized spacial score (nSPS) is 16.7. The van der Waals surface area contributed by atoms with Crippen molar-refractivity contribution in [1.82, 2.24) is 9.47 Å². The molecule has 1 saturated heterocycles. The lowest BCUT2D eigenvalue weighted by molar-refractivity contribution is -0.665. The van der Waals surface area contributed by atoms with Crippen LogP contribution in [0.2, 0.25) is 0 Å². The Morgan fingerprint density at radius 2 is 1.88 bits per heavy atom. The molecule has 0 saturated carbocycles. The summed E-state index contributed by atoms with van der Waals surface area (Å²) in [5.74, 6) is 0.486. The van der Waals surface area contributed by atoms with E-state index in [0.717, 1.165) is 39.3 Å². The van der Waals surface area contributed by atoms with Crippen LogP contribution in [0.5, 0.6) is 5.75 Å². The first-order chi connectivity index (χ1) is 15.9. The summed E-state index contributed by atoms with van der Waals surface area (Å²) in [6.45, 7) is 7.27. The molecule has 1 fully saturated rings. The van der Waals surface area contributed by atoms with Crippen molar-refractivity contribution in [2.45, 2.75) is 33.9 Å². The van der Waals surface area contributed by atoms with Crippen LogP contribution >= 0.6 is 34.4 Å². The number of hydrogen-bond acceptors (Lipinski definition) is 7. The molecule has 0 bridgehead atoms. The van der Waals surface area contributed by atoms with E-state index in [9.17, 15) is 14.4 Å². The number of thioether (sulfide) groups is 1. The van der Waals surface area contributed by atoms with Crippen LogP contribution in [0.3, 0.4) is 0 Å². The highest BCUT2D eigenvalue weighted by atomic mass is 32.2. The van der Waals surface area contributed by atoms with E-state index < -0.39 is 0 Å². The van der Waals surface area contributed by atoms with Crippen LogP contribution < -0.4 is 24.1 Å². The molecular weight excluding hydrogens is 478 g/mol. The number of hydrogen-bond donors (Lipinski definition) is 0. The maximum Gasteiger partial charge on any atom is 0.293 e. The Kier molecular flexibility index (Phi) is 6.87. The SMILES string of the molecule is CCN1C(=O)SC(=c2sc(=CC=Cc3sc4cc(OC)ccc4[n+]3CC)c(=O)n2CC)C1=O. The number of rotatable bonds is 6. The van der Waals surface area contributed by atoms with Gasteiger partial charge in [0, 0.05) is 31.3 Å². The third-order valence-electron chi connectivity index (χ3n) is 5.32. The Morgan fingerprint density at radius 3 is 2.52 bits per heavy atom. The van der Waals surface area contributed by atoms with Gasteiger partial charge in [-0.3, -0.25) is 23.9 Å². The van der Waals surface area contributed by atoms with Crippen molar-refractivity contribution < 1.29 is 18.9 Å². The third kappa shape index (κ3) is 4.18. The summed E-state index contributed by atoms with van der Waals surface area (Å²) in [6.07, 6.45) is 5.63. The van der Waals surface area contributed by atoms with E-state index in [1.54, 1.807) is 36.0 Å². The second kappa shape index (κ2) is 9.66. The number of benzene rings is 1. The average Bonchev–Trinajstić information content (AvgIpc) is 3.43. The van der Waals surface area contributed by atoms with Crippen LogP contribution in [0.25, 0.3) is 27.3 Å². The highest BCUT2D eigenvalue weighted by Crippen LogP contribution is 2.30. The van der Waals surface area contributed by atoms with Crippen molar-refractivity contribution in [3.05, 3.63) is 48.8 Å². The minimum Gasteiger partial charge on any atom is -0.497 e. The molecule has 172 valence electrons. The van der Waals surface area contributed by atoms with Crippen molar-refractivity contribution in [2.24, 2.45) is 0 Å². The van der Waals surface area contributed by atoms with Crippen LogP contribution in [0.15, 0.2) is 29.1 Å². The minimum absolute atomic E-state index is 0.158. The molecule has 0 radical (unpaired) electrons. The summed E-state index contributed by atoms with van der Waals surface area (Å²) in [6, 6.07) is 6.02. The summed E-state index contributed by atoms with van der Waals surface area (Å²) in [5.41, 5.74) is 0.975. The van der Waals surface area contributed by atoms with Gasteiger partial charge in [-0.05, 0) is 44.7 Å². The predicted octanol–water partition coefficient (Wildman–Crippen LogP) is 2.78. The number of aryl methyl sites for hydroxylation is 1. The fourth-order valence-corrected chi connectivity index (χ4v) is 7.03. The van der Waals surface area contributed by atoms with Crippen molar-refractivity contribution >= 4 is 72.9 Å². The van der Waals surface area contributed by atoms with E-state index in [4.69, 9.17) is 4.74 Å². The number of ether oxygens (including phenoxy) is 1. The van der Waals surface area contributed by atoms with Crippen LogP contribution in [0, 0.1) is 0 Å². The number of fused-ring (bicyclic) bond motifs is 1. The number of carbonyl (C=O) groups is 2. The Labute approximate surface area is 202 Å². The van der Waals surface area contributed by atoms with Crippen LogP contribution in [-0.4, -0.2) is 34.3 Å². The summed E-state index contributed by atoms with van der Waals surface area (Å²) in [5, 5.41) is 0.765. The molecule has 10 heteroatoms. The van der Waals surface area contributed by atoms with E-state index in [1.165, 1.54) is 16.2 Å². The topological polar surface area (TPSA) is 72.5 Å². The first kappa shape index (κ1) is 23.5. The molecule has 0 aliphatic carbocycles. The molecule has 0 N–H and O–H groups in total. The molecule has 0 spiro atoms. The maximum atomic E-state index is 13.0. The summed E-state index contributed by atoms with van der Waals surface area (Å²) in [4.78, 5) is 39.3. The number of nitrogens with zero attached hydrogens (tertiary/aromatic N) is 3. The van der Waals surface area contributed by atoms with Crippen molar-refractivity contribution in [3.63, 3.8) is 0 Å². The molecule has 0 atom stereocenters. The van der Waals surface area contributed by atoms with Gasteiger partial charge in [0.05, 0.1) is 11.6 Å². The number of thiazole rings is 2. The zero-order chi connectivity index (χ0) is 23.7. The Balaban J connectivity index is 1.78. The first-order valence-electron chi connectivity index (χ1n) is 10.6. The highest BCUT2D eigenvalue weighted by Gasteiger charge is 2.35. The van der Waals surface area contributed by atoms with Gasteiger partial charge in [-0.2, -0.15) is 4.57 Å². The number of amides is 2. The molecule has 0 unspecified atom stereocenters. The standard InChI is InChI=1S/C23H24N3O4S3/c1-5-24-15-12-11-14(30-4)13-17(15)31-18(24)10-8-9-16-20(27)25(6-2)22(32-16)19-21(28)26(7-3)23(29)33-19/h8-13H,5-7H2,1-4H3/q+1. The minimum atomic E-state index is -0.331. The van der Waals surface area contributed by atoms with E-state index in [0.29, 0.717) is 27.2 Å². The summed E-state index contributed by atoms with van der Waals surface area (Å²) >= 11 is 3.81. The van der Waals surface area contributed by atoms with Gasteiger partial charge in [0.2, 0.25) is 5.52 Å². The van der Waals surface area contributed by atoms with Gasteiger partial charge in [-0.15, -0.1) is 11.3 Å². The molecule has 4 rings (SSSR count). The fourth-order valence-electron chi connectivity index (χ4n) is 3.67. The summed E-state index contributed by atoms with van der Waals surface area (Å²) in [7, 11) is 1.66. The van der Waals surface area contributed by atoms with Crippen LogP contribution in [-0.2, 0) is 17.9 Å². The first-order valence-corrected chi connectivity index (χ1v) is 13.0. The summed E-state index contributed by atoms with van der Waals surface area (Å²) < 4.78 is 11.3. The second-order valence-corrected chi connectivity index (χ2v) is 10.2. The lowest BCUT2D eigenvalue weighted by atomic mass is 10.3. The van der Waals surface area contributed by atoms with Crippen molar-refractivity contribution in [3.8, 4) is 5.75 Å². The average molecular weight is 503 g/mol. The van der Waals surface area contributed by atoms with E-state index in [2.05, 4.69) is 17.6 Å². The van der Waals surface area contributed by atoms with E-state index in [-0.39, 0.29) is 16.7 Å². The highest BCUT2D eigenvalue weighted by molar-refractivity contribution is 8.23. The van der Waals surface area contributed by atoms with Gasteiger partial charge in [0.1, 0.15) is 26.6 Å². The van der Waals surface area contributed by atoms with E-state index >= 15 is 0 Å². The van der Waals surface area contributed by atoms with Crippen molar-refractivity contribution in [1.29, 1.82) is 0 Å². The molecule has 3 heterocycles. The molecule has 7 nitrogen and oxygen atoms in total. The monoisotopic (exact) mass is 502 g/mol. The predicted molar refractivity (Wildman–Crippen MR) is 135 cm³/mol. The zero-order valence-corrected chi connectivity index (χ0v) is 21.2. The molecule has 2 aromatic heterocycles. The van der Waals surface area contributed by atoms with E-state index in [1.807, 2.05) is 31.2 Å². The Hall–Kier alpha value is -2.69. The van der Waals surface area contributed by atoms with Crippen molar-refractivity contribution in [2.75, 3.05) is 13.7 Å². The van der Waals surface area contributed by atoms with Crippen LogP contribution in [0.1, 0.15) is 25.8 Å². The molecular formula is C23H24N3O4S3+. The van der Waals surface area contributed by atoms with Gasteiger partial charge >= 0.3 is 0 Å². The van der Waals surface area contributed by atoms with Gasteiger partial charge in [0.25, 0.3) is 21.7 Å². The van der Waals surface area contributed by atoms with Gasteiger partial charge in [0.15, 0.2) is 0 Å². The quantitative estimate of drug-likeness (QED) is 0.485. The molecule has 1 aliphatic heterocycles. The third-order valence-corrected chi connectivity index (χ3v) is 8.68. The maximum absolute atomic E-state index is 13.0. The fraction of sp³-hybridized carbons (Fsp3) is 0.304. The number of allylic oxidation sites excluding steroid dienone is 1. The molecule has 1 aromatic carbocycles. The zero-order valence-electron chi connectivity index (χ0n) is 18.8. The van der Waals surface area contributed by atoms with Crippen LogP contribution in [0.4, 0.5) is 4.79 Å². The number of carbonyl (C=O) groups excluding carboxylic acids is 2. The molecule has 3 aromatic rings. The van der Waals surface area contributed by atoms with Gasteiger partial charge in [-0.1, -0.05) is 17.4 Å². The Morgan fingerprint density at radius 1 is 1.09 bits per heavy atom. The molecule has 33 heavy (non-hydrogen) atoms. The lowest BCUT2D eigenvalue weighted by Crippen LogP contribution is -2.33. The number of aromatic nitrogens is 2. The number of methoxy groups -OCH3 is 1. The largest absolute Gasteiger partial charge is 0.497 e. The van der Waals surface area contributed by atoms with Gasteiger partial charge in [-0.25, -0.2) is 0 Å². The molecule has 2 amide bonds. The Bertz CT molecular complexity index is 1460.